The van der Waals surface area contributed by atoms with Crippen LogP contribution in [0.4, 0.5) is 5.13 Å². The monoisotopic (exact) mass is 302 g/mol. The zero-order chi connectivity index (χ0) is 15.0. The van der Waals surface area contributed by atoms with Crippen LogP contribution in [0.5, 0.6) is 0 Å². The van der Waals surface area contributed by atoms with Gasteiger partial charge in [-0.3, -0.25) is 4.79 Å². The maximum absolute atomic E-state index is 12.5. The number of carbonyl (C=O) groups excluding carboxylic acids is 1. The summed E-state index contributed by atoms with van der Waals surface area (Å²) in [4.78, 5) is 14.2. The van der Waals surface area contributed by atoms with Gasteiger partial charge in [0, 0.05) is 27.3 Å². The fraction of sp³-hybridized carbons (Fsp3) is 0.750. The molecule has 0 saturated heterocycles. The molecule has 114 valence electrons. The smallest absolute Gasteiger partial charge is 0.285 e. The van der Waals surface area contributed by atoms with Crippen molar-refractivity contribution in [1.82, 2.24) is 15.1 Å². The maximum atomic E-state index is 12.5. The Kier molecular flexibility index (Phi) is 7.42. The molecule has 0 saturated carbocycles. The minimum Gasteiger partial charge on any atom is -0.383 e. The highest BCUT2D eigenvalue weighted by atomic mass is 32.1. The van der Waals surface area contributed by atoms with Gasteiger partial charge in [-0.25, -0.2) is 0 Å². The van der Waals surface area contributed by atoms with E-state index in [1.54, 1.807) is 19.1 Å². The van der Waals surface area contributed by atoms with Crippen molar-refractivity contribution in [2.24, 2.45) is 0 Å². The topological polar surface area (TPSA) is 76.6 Å². The molecule has 0 aliphatic rings. The Hall–Kier alpha value is -1.25. The first-order valence-electron chi connectivity index (χ1n) is 6.50. The minimum atomic E-state index is -0.145. The van der Waals surface area contributed by atoms with Crippen LogP contribution in [0, 0.1) is 0 Å². The average molecular weight is 302 g/mol. The molecule has 0 aliphatic heterocycles. The molecule has 1 aromatic heterocycles. The van der Waals surface area contributed by atoms with Gasteiger partial charge < -0.3 is 19.7 Å². The van der Waals surface area contributed by atoms with E-state index in [0.717, 1.165) is 6.54 Å². The van der Waals surface area contributed by atoms with E-state index in [9.17, 15) is 4.79 Å². The minimum absolute atomic E-state index is 0.0471. The lowest BCUT2D eigenvalue weighted by Gasteiger charge is -2.27. The number of amides is 1. The van der Waals surface area contributed by atoms with Crippen molar-refractivity contribution in [2.75, 3.05) is 45.8 Å². The fourth-order valence-corrected chi connectivity index (χ4v) is 2.47. The summed E-state index contributed by atoms with van der Waals surface area (Å²) in [5.74, 6) is -0.145. The molecule has 1 unspecified atom stereocenters. The number of nitrogens with zero attached hydrogens (tertiary/aromatic N) is 3. The van der Waals surface area contributed by atoms with Crippen LogP contribution in [0.2, 0.25) is 0 Å². The summed E-state index contributed by atoms with van der Waals surface area (Å²) in [6.45, 7) is 6.08. The molecule has 0 aliphatic carbocycles. The summed E-state index contributed by atoms with van der Waals surface area (Å²) < 4.78 is 10.2. The van der Waals surface area contributed by atoms with Crippen LogP contribution in [-0.2, 0) is 9.47 Å². The van der Waals surface area contributed by atoms with Crippen molar-refractivity contribution >= 4 is 22.4 Å². The number of carbonyl (C=O) groups is 1. The van der Waals surface area contributed by atoms with Crippen LogP contribution in [0.15, 0.2) is 0 Å². The average Bonchev–Trinajstić information content (AvgIpc) is 2.88. The highest BCUT2D eigenvalue weighted by Gasteiger charge is 2.24. The zero-order valence-corrected chi connectivity index (χ0v) is 13.2. The van der Waals surface area contributed by atoms with Crippen molar-refractivity contribution in [3.63, 3.8) is 0 Å². The summed E-state index contributed by atoms with van der Waals surface area (Å²) in [6, 6.07) is -0.0471. The number of nitrogens with one attached hydrogen (secondary N) is 1. The lowest BCUT2D eigenvalue weighted by atomic mass is 10.3. The van der Waals surface area contributed by atoms with E-state index in [1.165, 1.54) is 11.3 Å². The van der Waals surface area contributed by atoms with Crippen LogP contribution in [0.25, 0.3) is 0 Å². The highest BCUT2D eigenvalue weighted by molar-refractivity contribution is 7.17. The molecule has 20 heavy (non-hydrogen) atoms. The van der Waals surface area contributed by atoms with Gasteiger partial charge in [-0.1, -0.05) is 11.3 Å². The first-order chi connectivity index (χ1) is 9.63. The highest BCUT2D eigenvalue weighted by Crippen LogP contribution is 2.17. The number of anilines is 1. The second kappa shape index (κ2) is 8.83. The molecule has 1 N–H and O–H groups in total. The van der Waals surface area contributed by atoms with Crippen molar-refractivity contribution in [1.29, 1.82) is 0 Å². The van der Waals surface area contributed by atoms with Gasteiger partial charge in [0.2, 0.25) is 10.1 Å². The van der Waals surface area contributed by atoms with E-state index < -0.39 is 0 Å². The predicted molar refractivity (Wildman–Crippen MR) is 78.3 cm³/mol. The van der Waals surface area contributed by atoms with Gasteiger partial charge in [0.25, 0.3) is 5.91 Å². The van der Waals surface area contributed by atoms with Gasteiger partial charge in [-0.05, 0) is 13.8 Å². The molecule has 1 aromatic rings. The van der Waals surface area contributed by atoms with E-state index in [4.69, 9.17) is 9.47 Å². The first-order valence-corrected chi connectivity index (χ1v) is 7.31. The number of ether oxygens (including phenoxy) is 2. The number of hydrogen-bond acceptors (Lipinski definition) is 7. The normalized spacial score (nSPS) is 12.2. The SMILES string of the molecule is CCNc1nnc(C(=O)N(CCOC)C(C)COC)s1. The lowest BCUT2D eigenvalue weighted by molar-refractivity contribution is 0.0478. The number of methoxy groups -OCH3 is 2. The second-order valence-corrected chi connectivity index (χ2v) is 5.22. The number of rotatable bonds is 9. The van der Waals surface area contributed by atoms with Crippen LogP contribution >= 0.6 is 11.3 Å². The van der Waals surface area contributed by atoms with Crippen molar-refractivity contribution < 1.29 is 14.3 Å². The molecule has 0 bridgehead atoms. The Morgan fingerprint density at radius 1 is 1.40 bits per heavy atom. The summed E-state index contributed by atoms with van der Waals surface area (Å²) in [5.41, 5.74) is 0. The Balaban J connectivity index is 2.79. The van der Waals surface area contributed by atoms with Crippen LogP contribution < -0.4 is 5.32 Å². The Labute approximate surface area is 123 Å². The standard InChI is InChI=1S/C12H22N4O3S/c1-5-13-12-15-14-10(20-12)11(17)16(6-7-18-3)9(2)8-19-4/h9H,5-8H2,1-4H3,(H,13,15). The molecule has 8 heteroatoms. The Morgan fingerprint density at radius 2 is 2.15 bits per heavy atom. The molecule has 1 amide bonds. The van der Waals surface area contributed by atoms with E-state index in [0.29, 0.717) is 29.9 Å². The molecule has 1 heterocycles. The van der Waals surface area contributed by atoms with E-state index >= 15 is 0 Å². The van der Waals surface area contributed by atoms with Gasteiger partial charge in [-0.2, -0.15) is 0 Å². The molecule has 0 fully saturated rings. The van der Waals surface area contributed by atoms with Gasteiger partial charge in [0.05, 0.1) is 19.3 Å². The summed E-state index contributed by atoms with van der Waals surface area (Å²) >= 11 is 1.26. The van der Waals surface area contributed by atoms with Gasteiger partial charge in [0.1, 0.15) is 0 Å². The molecular formula is C12H22N4O3S. The quantitative estimate of drug-likeness (QED) is 0.736. The van der Waals surface area contributed by atoms with Gasteiger partial charge in [0.15, 0.2) is 0 Å². The van der Waals surface area contributed by atoms with E-state index in [2.05, 4.69) is 15.5 Å². The third-order valence-corrected chi connectivity index (χ3v) is 3.54. The van der Waals surface area contributed by atoms with Crippen LogP contribution in [0.3, 0.4) is 0 Å². The third kappa shape index (κ3) is 4.69. The van der Waals surface area contributed by atoms with E-state index in [-0.39, 0.29) is 11.9 Å². The van der Waals surface area contributed by atoms with Crippen molar-refractivity contribution in [3.05, 3.63) is 5.01 Å². The van der Waals surface area contributed by atoms with E-state index in [1.807, 2.05) is 13.8 Å². The second-order valence-electron chi connectivity index (χ2n) is 4.24. The summed E-state index contributed by atoms with van der Waals surface area (Å²) in [6.07, 6.45) is 0. The summed E-state index contributed by atoms with van der Waals surface area (Å²) in [7, 11) is 3.22. The first kappa shape index (κ1) is 16.8. The van der Waals surface area contributed by atoms with Crippen molar-refractivity contribution in [3.8, 4) is 0 Å². The Morgan fingerprint density at radius 3 is 2.75 bits per heavy atom. The molecule has 7 nitrogen and oxygen atoms in total. The molecule has 0 spiro atoms. The van der Waals surface area contributed by atoms with Gasteiger partial charge in [-0.15, -0.1) is 10.2 Å². The van der Waals surface area contributed by atoms with Crippen LogP contribution in [-0.4, -0.2) is 67.6 Å². The lowest BCUT2D eigenvalue weighted by Crippen LogP contribution is -2.43. The number of hydrogen-bond donors (Lipinski definition) is 1. The largest absolute Gasteiger partial charge is 0.383 e. The predicted octanol–water partition coefficient (Wildman–Crippen LogP) is 1.09. The fourth-order valence-electron chi connectivity index (χ4n) is 1.70. The molecule has 0 aromatic carbocycles. The van der Waals surface area contributed by atoms with Crippen molar-refractivity contribution in [2.45, 2.75) is 19.9 Å². The number of aromatic nitrogens is 2. The third-order valence-electron chi connectivity index (χ3n) is 2.67. The van der Waals surface area contributed by atoms with Gasteiger partial charge >= 0.3 is 0 Å². The Bertz CT molecular complexity index is 413. The molecule has 1 atom stereocenters. The maximum Gasteiger partial charge on any atom is 0.285 e. The molecule has 1 rings (SSSR count). The zero-order valence-electron chi connectivity index (χ0n) is 12.4. The van der Waals surface area contributed by atoms with Crippen LogP contribution in [0.1, 0.15) is 23.6 Å². The summed E-state index contributed by atoms with van der Waals surface area (Å²) in [5, 5.41) is 12.0. The molecular weight excluding hydrogens is 280 g/mol. The molecule has 0 radical (unpaired) electrons.